The largest absolute Gasteiger partial charge is 0.378 e. The average Bonchev–Trinajstić information content (AvgIpc) is 2.36. The summed E-state index contributed by atoms with van der Waals surface area (Å²) in [4.78, 5) is 0. The van der Waals surface area contributed by atoms with Crippen LogP contribution in [-0.4, -0.2) is 18.5 Å². The second-order valence-electron chi connectivity index (χ2n) is 6.07. The highest BCUT2D eigenvalue weighted by molar-refractivity contribution is 7.80. The fraction of sp³-hybridized carbons (Fsp3) is 1.00. The highest BCUT2D eigenvalue weighted by Gasteiger charge is 2.29. The number of hydrogen-bond donors (Lipinski definition) is 1. The van der Waals surface area contributed by atoms with Gasteiger partial charge in [-0.25, -0.2) is 0 Å². The Kier molecular flexibility index (Phi) is 6.36. The molecule has 0 heterocycles. The molecule has 1 aliphatic rings. The van der Waals surface area contributed by atoms with E-state index >= 15 is 0 Å². The second kappa shape index (κ2) is 7.04. The van der Waals surface area contributed by atoms with Crippen LogP contribution in [0.5, 0.6) is 0 Å². The van der Waals surface area contributed by atoms with Crippen molar-refractivity contribution in [1.29, 1.82) is 0 Å². The highest BCUT2D eigenvalue weighted by atomic mass is 32.1. The number of rotatable bonds is 6. The predicted molar refractivity (Wildman–Crippen MR) is 78.8 cm³/mol. The van der Waals surface area contributed by atoms with Crippen molar-refractivity contribution in [3.05, 3.63) is 0 Å². The summed E-state index contributed by atoms with van der Waals surface area (Å²) in [6.07, 6.45) is 6.67. The molecule has 0 N–H and O–H groups in total. The van der Waals surface area contributed by atoms with Gasteiger partial charge in [-0.15, -0.1) is 0 Å². The molecule has 0 spiro atoms. The molecule has 0 aliphatic heterocycles. The zero-order chi connectivity index (χ0) is 12.9. The monoisotopic (exact) mass is 258 g/mol. The summed E-state index contributed by atoms with van der Waals surface area (Å²) in [5.74, 6) is 2.64. The lowest BCUT2D eigenvalue weighted by molar-refractivity contribution is -0.0377. The first kappa shape index (κ1) is 15.4. The van der Waals surface area contributed by atoms with E-state index in [1.807, 2.05) is 0 Å². The van der Waals surface area contributed by atoms with Crippen LogP contribution in [0.4, 0.5) is 0 Å². The molecule has 1 saturated carbocycles. The minimum atomic E-state index is 0.301. The molecule has 1 nitrogen and oxygen atoms in total. The lowest BCUT2D eigenvalue weighted by Crippen LogP contribution is -2.33. The Morgan fingerprint density at radius 2 is 1.76 bits per heavy atom. The Morgan fingerprint density at radius 3 is 2.24 bits per heavy atom. The standard InChI is InChI=1S/C15H30OS/c1-5-15(6-2,11-17)10-16-14-8-7-12(3)13(4)9-14/h12-14,17H,5-11H2,1-4H3. The van der Waals surface area contributed by atoms with Crippen LogP contribution in [0.2, 0.25) is 0 Å². The molecule has 0 aromatic heterocycles. The lowest BCUT2D eigenvalue weighted by atomic mass is 9.80. The molecule has 17 heavy (non-hydrogen) atoms. The molecule has 1 rings (SSSR count). The molecule has 0 amide bonds. The maximum absolute atomic E-state index is 6.19. The van der Waals surface area contributed by atoms with E-state index in [4.69, 9.17) is 4.74 Å². The van der Waals surface area contributed by atoms with Gasteiger partial charge < -0.3 is 4.74 Å². The Balaban J connectivity index is 2.39. The summed E-state index contributed by atoms with van der Waals surface area (Å²) in [5.41, 5.74) is 0.301. The van der Waals surface area contributed by atoms with Gasteiger partial charge in [0.05, 0.1) is 12.7 Å². The van der Waals surface area contributed by atoms with E-state index in [0.29, 0.717) is 11.5 Å². The first-order valence-electron chi connectivity index (χ1n) is 7.29. The van der Waals surface area contributed by atoms with Crippen LogP contribution >= 0.6 is 12.6 Å². The zero-order valence-electron chi connectivity index (χ0n) is 12.0. The molecule has 3 atom stereocenters. The molecule has 0 bridgehead atoms. The van der Waals surface area contributed by atoms with Crippen LogP contribution in [0, 0.1) is 17.3 Å². The zero-order valence-corrected chi connectivity index (χ0v) is 12.9. The highest BCUT2D eigenvalue weighted by Crippen LogP contribution is 2.34. The summed E-state index contributed by atoms with van der Waals surface area (Å²) in [7, 11) is 0. The summed E-state index contributed by atoms with van der Waals surface area (Å²) < 4.78 is 6.19. The molecule has 1 aliphatic carbocycles. The van der Waals surface area contributed by atoms with Crippen LogP contribution in [0.15, 0.2) is 0 Å². The van der Waals surface area contributed by atoms with E-state index in [0.717, 1.165) is 24.2 Å². The Morgan fingerprint density at radius 1 is 1.12 bits per heavy atom. The summed E-state index contributed by atoms with van der Waals surface area (Å²) in [6.45, 7) is 10.2. The quantitative estimate of drug-likeness (QED) is 0.687. The fourth-order valence-corrected chi connectivity index (χ4v) is 3.21. The number of thiol groups is 1. The van der Waals surface area contributed by atoms with E-state index in [2.05, 4.69) is 40.3 Å². The Bertz CT molecular complexity index is 205. The molecule has 0 aromatic rings. The van der Waals surface area contributed by atoms with Crippen molar-refractivity contribution in [2.75, 3.05) is 12.4 Å². The van der Waals surface area contributed by atoms with E-state index in [1.165, 1.54) is 32.1 Å². The number of ether oxygens (including phenoxy) is 1. The molecule has 3 unspecified atom stereocenters. The number of hydrogen-bond acceptors (Lipinski definition) is 2. The molecule has 2 heteroatoms. The van der Waals surface area contributed by atoms with E-state index < -0.39 is 0 Å². The van der Waals surface area contributed by atoms with Crippen LogP contribution in [0.1, 0.15) is 59.8 Å². The van der Waals surface area contributed by atoms with Crippen LogP contribution in [0.3, 0.4) is 0 Å². The van der Waals surface area contributed by atoms with Gasteiger partial charge >= 0.3 is 0 Å². The van der Waals surface area contributed by atoms with Crippen molar-refractivity contribution in [3.63, 3.8) is 0 Å². The van der Waals surface area contributed by atoms with Crippen LogP contribution in [-0.2, 0) is 4.74 Å². The van der Waals surface area contributed by atoms with Gasteiger partial charge in [0.15, 0.2) is 0 Å². The van der Waals surface area contributed by atoms with Gasteiger partial charge in [-0.05, 0) is 49.7 Å². The van der Waals surface area contributed by atoms with Crippen molar-refractivity contribution < 1.29 is 4.74 Å². The molecular formula is C15H30OS. The smallest absolute Gasteiger partial charge is 0.0578 e. The second-order valence-corrected chi connectivity index (χ2v) is 6.38. The maximum Gasteiger partial charge on any atom is 0.0578 e. The van der Waals surface area contributed by atoms with Gasteiger partial charge in [-0.1, -0.05) is 27.7 Å². The lowest BCUT2D eigenvalue weighted by Gasteiger charge is -2.36. The van der Waals surface area contributed by atoms with Gasteiger partial charge in [0.1, 0.15) is 0 Å². The molecular weight excluding hydrogens is 228 g/mol. The first-order chi connectivity index (χ1) is 8.06. The third kappa shape index (κ3) is 4.17. The third-order valence-corrected chi connectivity index (χ3v) is 5.68. The predicted octanol–water partition coefficient (Wildman–Crippen LogP) is 4.56. The van der Waals surface area contributed by atoms with Crippen molar-refractivity contribution in [3.8, 4) is 0 Å². The van der Waals surface area contributed by atoms with Gasteiger partial charge in [0.25, 0.3) is 0 Å². The summed E-state index contributed by atoms with van der Waals surface area (Å²) in [6, 6.07) is 0. The average molecular weight is 258 g/mol. The van der Waals surface area contributed by atoms with E-state index in [-0.39, 0.29) is 0 Å². The Hall–Kier alpha value is 0.310. The van der Waals surface area contributed by atoms with Crippen LogP contribution < -0.4 is 0 Å². The summed E-state index contributed by atoms with van der Waals surface area (Å²) >= 11 is 4.51. The minimum absolute atomic E-state index is 0.301. The fourth-order valence-electron chi connectivity index (χ4n) is 2.67. The molecule has 0 radical (unpaired) electrons. The summed E-state index contributed by atoms with van der Waals surface area (Å²) in [5, 5.41) is 0. The van der Waals surface area contributed by atoms with E-state index in [1.54, 1.807) is 0 Å². The third-order valence-electron chi connectivity index (χ3n) is 5.01. The van der Waals surface area contributed by atoms with E-state index in [9.17, 15) is 0 Å². The molecule has 102 valence electrons. The van der Waals surface area contributed by atoms with Gasteiger partial charge in [-0.2, -0.15) is 12.6 Å². The normalized spacial score (nSPS) is 30.5. The molecule has 1 fully saturated rings. The van der Waals surface area contributed by atoms with Crippen molar-refractivity contribution in [1.82, 2.24) is 0 Å². The maximum atomic E-state index is 6.19. The SMILES string of the molecule is CCC(CC)(CS)COC1CCC(C)C(C)C1. The first-order valence-corrected chi connectivity index (χ1v) is 7.92. The van der Waals surface area contributed by atoms with Crippen molar-refractivity contribution in [2.45, 2.75) is 65.9 Å². The van der Waals surface area contributed by atoms with Crippen molar-refractivity contribution in [2.24, 2.45) is 17.3 Å². The van der Waals surface area contributed by atoms with Gasteiger partial charge in [-0.3, -0.25) is 0 Å². The van der Waals surface area contributed by atoms with Crippen molar-refractivity contribution >= 4 is 12.6 Å². The molecule has 0 aromatic carbocycles. The van der Waals surface area contributed by atoms with Gasteiger partial charge in [0, 0.05) is 5.41 Å². The molecule has 0 saturated heterocycles. The van der Waals surface area contributed by atoms with Crippen LogP contribution in [0.25, 0.3) is 0 Å². The minimum Gasteiger partial charge on any atom is -0.378 e. The van der Waals surface area contributed by atoms with Gasteiger partial charge in [0.2, 0.25) is 0 Å². The topological polar surface area (TPSA) is 9.23 Å². The Labute approximate surface area is 113 Å².